The molecule has 2 aromatic rings. The number of aliphatic hydroxyl groups is 1. The number of rotatable bonds is 18. The maximum atomic E-state index is 13.4. The second-order valence-electron chi connectivity index (χ2n) is 15.1. The van der Waals surface area contributed by atoms with Crippen molar-refractivity contribution in [2.24, 2.45) is 11.8 Å². The van der Waals surface area contributed by atoms with Crippen LogP contribution in [0.15, 0.2) is 48.6 Å². The van der Waals surface area contributed by atoms with Crippen LogP contribution in [0.4, 0.5) is 14.5 Å². The van der Waals surface area contributed by atoms with Crippen LogP contribution in [0.1, 0.15) is 75.2 Å². The Morgan fingerprint density at radius 2 is 1.96 bits per heavy atom. The van der Waals surface area contributed by atoms with E-state index in [9.17, 15) is 23.5 Å². The molecule has 3 aliphatic rings. The maximum absolute atomic E-state index is 13.4. The van der Waals surface area contributed by atoms with Gasteiger partial charge in [0.25, 0.3) is 5.92 Å². The lowest BCUT2D eigenvalue weighted by Crippen LogP contribution is -2.57. The van der Waals surface area contributed by atoms with Gasteiger partial charge in [0.05, 0.1) is 44.2 Å². The summed E-state index contributed by atoms with van der Waals surface area (Å²) in [6, 6.07) is 12.2. The standard InChI is InChI=1S/C38H52ClF2N3O4.C3H8N2OS/c1-5-8-29-19-32(39)12-14-33(29)31-22-44(35-20-28(26(2)45)11-15-37(35)48-23-31)21-30-10-13-34(30)36(9-6-7-16-42(4)27(3)46)47-18-17-43-24-38(40,41)25-43;1-5(2)7-4-3-6/h6,9,11-12,14-15,19-20,26,30-31,34,36,45H,5,7-8,10,13,16-18,21-25H2,1-4H3;3H,1-2H3,(H,4,6)/b9-6+;. The van der Waals surface area contributed by atoms with Gasteiger partial charge in [-0.25, -0.2) is 13.1 Å². The number of likely N-dealkylation sites (tertiary alicyclic amines) is 1. The van der Waals surface area contributed by atoms with Crippen LogP contribution in [0.5, 0.6) is 5.75 Å². The van der Waals surface area contributed by atoms with Crippen molar-refractivity contribution < 1.29 is 33.0 Å². The van der Waals surface area contributed by atoms with Gasteiger partial charge in [-0.1, -0.05) is 49.2 Å². The first-order valence-electron chi connectivity index (χ1n) is 19.3. The Morgan fingerprint density at radius 3 is 2.56 bits per heavy atom. The summed E-state index contributed by atoms with van der Waals surface area (Å²) in [7, 11) is 5.49. The van der Waals surface area contributed by atoms with Crippen molar-refractivity contribution in [3.8, 4) is 5.75 Å². The number of amides is 2. The molecule has 0 radical (unpaired) electrons. The first kappa shape index (κ1) is 44.8. The summed E-state index contributed by atoms with van der Waals surface area (Å²) in [5, 5.41) is 11.2. The first-order valence-corrected chi connectivity index (χ1v) is 20.5. The van der Waals surface area contributed by atoms with Crippen molar-refractivity contribution in [1.82, 2.24) is 18.8 Å². The number of aliphatic hydroxyl groups excluding tert-OH is 1. The molecule has 1 saturated carbocycles. The molecule has 306 valence electrons. The predicted molar refractivity (Wildman–Crippen MR) is 218 cm³/mol. The fraction of sp³-hybridized carbons (Fsp3) is 0.610. The molecule has 2 amide bonds. The number of carbonyl (C=O) groups excluding carboxylic acids is 2. The first-order chi connectivity index (χ1) is 26.2. The zero-order valence-corrected chi connectivity index (χ0v) is 34.8. The van der Waals surface area contributed by atoms with Crippen LogP contribution >= 0.6 is 23.7 Å². The third-order valence-electron chi connectivity index (χ3n) is 10.5. The number of ether oxygens (including phenoxy) is 2. The predicted octanol–water partition coefficient (Wildman–Crippen LogP) is 6.97. The molecule has 2 fully saturated rings. The molecule has 10 nitrogen and oxygen atoms in total. The fourth-order valence-electron chi connectivity index (χ4n) is 7.32. The lowest BCUT2D eigenvalue weighted by Gasteiger charge is -2.44. The number of hydrogen-bond donors (Lipinski definition) is 2. The van der Waals surface area contributed by atoms with Crippen molar-refractivity contribution in [1.29, 1.82) is 0 Å². The summed E-state index contributed by atoms with van der Waals surface area (Å²) in [5.41, 5.74) is 4.35. The van der Waals surface area contributed by atoms with E-state index in [1.807, 2.05) is 32.3 Å². The van der Waals surface area contributed by atoms with E-state index >= 15 is 0 Å². The number of nitrogens with one attached hydrogen (secondary N) is 1. The summed E-state index contributed by atoms with van der Waals surface area (Å²) >= 11 is 7.68. The number of fused-ring (bicyclic) bond motifs is 1. The Kier molecular flexibility index (Phi) is 17.5. The minimum atomic E-state index is -2.59. The van der Waals surface area contributed by atoms with Gasteiger partial charge in [0.2, 0.25) is 12.3 Å². The minimum absolute atomic E-state index is 0.0285. The quantitative estimate of drug-likeness (QED) is 0.0941. The van der Waals surface area contributed by atoms with E-state index in [4.69, 9.17) is 21.1 Å². The van der Waals surface area contributed by atoms with Crippen LogP contribution in [-0.4, -0.2) is 117 Å². The number of hydrogen-bond acceptors (Lipinski definition) is 9. The van der Waals surface area contributed by atoms with Crippen molar-refractivity contribution in [2.45, 2.75) is 76.9 Å². The highest BCUT2D eigenvalue weighted by Crippen LogP contribution is 2.43. The van der Waals surface area contributed by atoms with Crippen LogP contribution in [0, 0.1) is 11.8 Å². The van der Waals surface area contributed by atoms with Crippen molar-refractivity contribution in [3.63, 3.8) is 0 Å². The molecule has 0 aromatic heterocycles. The van der Waals surface area contributed by atoms with Crippen LogP contribution in [0.25, 0.3) is 0 Å². The molecule has 5 atom stereocenters. The molecule has 2 aromatic carbocycles. The van der Waals surface area contributed by atoms with Gasteiger partial charge in [0, 0.05) is 63.2 Å². The van der Waals surface area contributed by atoms with Crippen LogP contribution in [0.3, 0.4) is 0 Å². The van der Waals surface area contributed by atoms with Gasteiger partial charge >= 0.3 is 0 Å². The SMILES string of the molecule is CCCc1cc(Cl)ccc1C1COc2ccc(C(C)O)cc2N(CC2CCC2C(/C=C/CCN(C)C(C)=O)OCCN2CC(F)(F)C2)C1.CN(C)SNC=O. The number of halogens is 3. The monoisotopic (exact) mass is 807 g/mol. The van der Waals surface area contributed by atoms with E-state index in [1.54, 1.807) is 35.0 Å². The molecule has 1 aliphatic carbocycles. The highest BCUT2D eigenvalue weighted by molar-refractivity contribution is 7.95. The molecule has 5 rings (SSSR count). The topological polar surface area (TPSA) is 97.8 Å². The van der Waals surface area contributed by atoms with Gasteiger partial charge in [0.1, 0.15) is 5.75 Å². The smallest absolute Gasteiger partial charge is 0.272 e. The van der Waals surface area contributed by atoms with E-state index in [0.717, 1.165) is 60.8 Å². The molecule has 2 N–H and O–H groups in total. The number of aryl methyl sites for hydroxylation is 1. The number of carbonyl (C=O) groups is 2. The summed E-state index contributed by atoms with van der Waals surface area (Å²) in [6.07, 6.45) is 8.85. The third kappa shape index (κ3) is 13.6. The molecule has 2 aliphatic heterocycles. The molecule has 0 bridgehead atoms. The highest BCUT2D eigenvalue weighted by Gasteiger charge is 2.44. The molecular formula is C41H60ClF2N5O5S. The average Bonchev–Trinajstić information content (AvgIpc) is 3.29. The van der Waals surface area contributed by atoms with Gasteiger partial charge in [-0.15, -0.1) is 0 Å². The summed E-state index contributed by atoms with van der Waals surface area (Å²) in [5.74, 6) is -1.01. The van der Waals surface area contributed by atoms with E-state index < -0.39 is 12.0 Å². The van der Waals surface area contributed by atoms with Gasteiger partial charge < -0.3 is 24.4 Å². The Labute approximate surface area is 335 Å². The minimum Gasteiger partial charge on any atom is -0.491 e. The van der Waals surface area contributed by atoms with Crippen LogP contribution in [-0.2, 0) is 20.7 Å². The lowest BCUT2D eigenvalue weighted by atomic mass is 9.70. The van der Waals surface area contributed by atoms with Gasteiger partial charge in [-0.3, -0.25) is 19.2 Å². The number of anilines is 1. The molecular weight excluding hydrogens is 748 g/mol. The molecule has 5 unspecified atom stereocenters. The number of benzene rings is 2. The van der Waals surface area contributed by atoms with E-state index in [2.05, 4.69) is 46.9 Å². The Balaban J connectivity index is 0.000000876. The van der Waals surface area contributed by atoms with E-state index in [0.29, 0.717) is 45.1 Å². The van der Waals surface area contributed by atoms with Gasteiger partial charge in [-0.05, 0) is 99.5 Å². The van der Waals surface area contributed by atoms with Gasteiger partial charge in [-0.2, -0.15) is 0 Å². The van der Waals surface area contributed by atoms with E-state index in [1.165, 1.54) is 23.3 Å². The fourth-order valence-corrected chi connectivity index (χ4v) is 7.76. The summed E-state index contributed by atoms with van der Waals surface area (Å²) in [4.78, 5) is 27.1. The normalized spacial score (nSPS) is 21.6. The molecule has 14 heteroatoms. The third-order valence-corrected chi connectivity index (χ3v) is 11.3. The molecule has 2 heterocycles. The van der Waals surface area contributed by atoms with E-state index in [-0.39, 0.29) is 36.9 Å². The zero-order valence-electron chi connectivity index (χ0n) is 33.2. The van der Waals surface area contributed by atoms with Crippen molar-refractivity contribution in [3.05, 3.63) is 70.3 Å². The average molecular weight is 808 g/mol. The van der Waals surface area contributed by atoms with Crippen molar-refractivity contribution in [2.75, 3.05) is 78.5 Å². The van der Waals surface area contributed by atoms with Gasteiger partial charge in [0.15, 0.2) is 0 Å². The maximum Gasteiger partial charge on any atom is 0.272 e. The second-order valence-corrected chi connectivity index (χ2v) is 16.7. The Hall–Kier alpha value is -2.94. The number of nitrogens with zero attached hydrogens (tertiary/aromatic N) is 4. The molecule has 55 heavy (non-hydrogen) atoms. The molecule has 1 saturated heterocycles. The Bertz CT molecular complexity index is 1560. The van der Waals surface area contributed by atoms with Crippen LogP contribution < -0.4 is 14.4 Å². The number of alkyl halides is 2. The summed E-state index contributed by atoms with van der Waals surface area (Å²) < 4.78 is 44.0. The zero-order chi connectivity index (χ0) is 40.1. The van der Waals surface area contributed by atoms with Crippen molar-refractivity contribution >= 4 is 41.7 Å². The summed E-state index contributed by atoms with van der Waals surface area (Å²) in [6.45, 7) is 8.70. The molecule has 0 spiro atoms. The lowest BCUT2D eigenvalue weighted by molar-refractivity contribution is -0.138. The highest BCUT2D eigenvalue weighted by atomic mass is 35.5. The second kappa shape index (κ2) is 21.5. The van der Waals surface area contributed by atoms with Crippen LogP contribution in [0.2, 0.25) is 5.02 Å². The Morgan fingerprint density at radius 1 is 1.20 bits per heavy atom. The largest absolute Gasteiger partial charge is 0.491 e.